The Morgan fingerprint density at radius 3 is 2.92 bits per heavy atom. The predicted octanol–water partition coefficient (Wildman–Crippen LogP) is 0.314. The van der Waals surface area contributed by atoms with Crippen LogP contribution in [0, 0.1) is 6.92 Å². The Morgan fingerprint density at radius 2 is 2.33 bits per heavy atom. The van der Waals surface area contributed by atoms with Crippen molar-refractivity contribution in [2.75, 3.05) is 12.8 Å². The van der Waals surface area contributed by atoms with E-state index in [1.807, 2.05) is 0 Å². The molecule has 0 radical (unpaired) electrons. The molecular formula is C8H11N3O. The van der Waals surface area contributed by atoms with Gasteiger partial charge in [-0.25, -0.2) is 0 Å². The largest absolute Gasteiger partial charge is 0.394 e. The fourth-order valence-electron chi connectivity index (χ4n) is 0.970. The monoisotopic (exact) mass is 165 g/mol. The minimum atomic E-state index is -0.259. The molecule has 12 heavy (non-hydrogen) atoms. The van der Waals surface area contributed by atoms with Crippen molar-refractivity contribution >= 4 is 11.9 Å². The van der Waals surface area contributed by atoms with E-state index in [-0.39, 0.29) is 11.2 Å². The fraction of sp³-hybridized carbons (Fsp3) is 0.250. The highest BCUT2D eigenvalue weighted by Crippen LogP contribution is 2.02. The Labute approximate surface area is 70.1 Å². The molecule has 4 heteroatoms. The van der Waals surface area contributed by atoms with E-state index in [1.165, 1.54) is 0 Å². The van der Waals surface area contributed by atoms with E-state index in [4.69, 9.17) is 5.73 Å². The van der Waals surface area contributed by atoms with E-state index >= 15 is 0 Å². The third-order valence-electron chi connectivity index (χ3n) is 1.51. The number of nitrogens with two attached hydrogens (primary N) is 1. The molecule has 1 aromatic heterocycles. The van der Waals surface area contributed by atoms with Gasteiger partial charge in [0.1, 0.15) is 5.69 Å². The molecule has 4 nitrogen and oxygen atoms in total. The first-order valence-electron chi connectivity index (χ1n) is 3.56. The number of aryl methyl sites for hydroxylation is 1. The van der Waals surface area contributed by atoms with Crippen LogP contribution in [0.25, 0.3) is 0 Å². The Morgan fingerprint density at radius 1 is 1.67 bits per heavy atom. The van der Waals surface area contributed by atoms with Crippen molar-refractivity contribution in [3.63, 3.8) is 0 Å². The molecule has 0 fully saturated rings. The van der Waals surface area contributed by atoms with Crippen LogP contribution >= 0.6 is 0 Å². The van der Waals surface area contributed by atoms with Crippen LogP contribution in [0.4, 0.5) is 5.69 Å². The van der Waals surface area contributed by atoms with Gasteiger partial charge in [0.05, 0.1) is 0 Å². The first-order chi connectivity index (χ1) is 5.65. The van der Waals surface area contributed by atoms with Crippen LogP contribution in [-0.4, -0.2) is 18.2 Å². The molecule has 0 aliphatic carbocycles. The number of pyridine rings is 1. The average Bonchev–Trinajstić information content (AvgIpc) is 2.00. The summed E-state index contributed by atoms with van der Waals surface area (Å²) < 4.78 is 0. The summed E-state index contributed by atoms with van der Waals surface area (Å²) in [5.74, 6) is 0. The highest BCUT2D eigenvalue weighted by Gasteiger charge is 2.00. The molecule has 0 spiro atoms. The van der Waals surface area contributed by atoms with Gasteiger partial charge in [-0.2, -0.15) is 0 Å². The molecular weight excluding hydrogens is 154 g/mol. The molecule has 0 aromatic carbocycles. The second kappa shape index (κ2) is 3.21. The van der Waals surface area contributed by atoms with E-state index in [2.05, 4.69) is 9.98 Å². The highest BCUT2D eigenvalue weighted by molar-refractivity contribution is 5.86. The number of aliphatic imine (C=N–C) groups is 1. The number of anilines is 1. The highest BCUT2D eigenvalue weighted by atomic mass is 16.1. The number of H-pyrrole nitrogens is 1. The van der Waals surface area contributed by atoms with E-state index in [0.29, 0.717) is 5.56 Å². The minimum Gasteiger partial charge on any atom is -0.394 e. The van der Waals surface area contributed by atoms with Gasteiger partial charge in [0.15, 0.2) is 0 Å². The lowest BCUT2D eigenvalue weighted by molar-refractivity contribution is 1.14. The molecule has 64 valence electrons. The van der Waals surface area contributed by atoms with E-state index in [0.717, 1.165) is 5.69 Å². The summed E-state index contributed by atoms with van der Waals surface area (Å²) in [4.78, 5) is 17.5. The first-order valence-corrected chi connectivity index (χ1v) is 3.56. The van der Waals surface area contributed by atoms with Crippen molar-refractivity contribution in [3.05, 3.63) is 27.7 Å². The molecule has 0 saturated carbocycles. The maximum atomic E-state index is 11.1. The van der Waals surface area contributed by atoms with Crippen LogP contribution in [0.1, 0.15) is 11.3 Å². The van der Waals surface area contributed by atoms with Crippen LogP contribution < -0.4 is 11.3 Å². The second-order valence-corrected chi connectivity index (χ2v) is 2.54. The van der Waals surface area contributed by atoms with Crippen molar-refractivity contribution in [2.45, 2.75) is 6.92 Å². The van der Waals surface area contributed by atoms with Gasteiger partial charge < -0.3 is 10.7 Å². The molecule has 0 amide bonds. The first kappa shape index (κ1) is 8.52. The van der Waals surface area contributed by atoms with Gasteiger partial charge in [0.25, 0.3) is 5.56 Å². The summed E-state index contributed by atoms with van der Waals surface area (Å²) in [6.45, 7) is 1.80. The third-order valence-corrected chi connectivity index (χ3v) is 1.51. The van der Waals surface area contributed by atoms with Gasteiger partial charge in [0, 0.05) is 24.5 Å². The van der Waals surface area contributed by atoms with Crippen molar-refractivity contribution in [1.29, 1.82) is 0 Å². The van der Waals surface area contributed by atoms with Crippen molar-refractivity contribution in [1.82, 2.24) is 4.98 Å². The fourth-order valence-corrected chi connectivity index (χ4v) is 0.970. The summed E-state index contributed by atoms with van der Waals surface area (Å²) in [5.41, 5.74) is 6.90. The zero-order chi connectivity index (χ0) is 9.14. The van der Waals surface area contributed by atoms with E-state index < -0.39 is 0 Å². The Balaban J connectivity index is 3.37. The van der Waals surface area contributed by atoms with Gasteiger partial charge in [-0.05, 0) is 13.0 Å². The number of nitrogens with one attached hydrogen (secondary N) is 1. The number of nitrogen functional groups attached to an aromatic ring is 1. The number of aromatic nitrogens is 1. The van der Waals surface area contributed by atoms with Gasteiger partial charge in [-0.3, -0.25) is 9.79 Å². The minimum absolute atomic E-state index is 0.214. The maximum Gasteiger partial charge on any atom is 0.271 e. The van der Waals surface area contributed by atoms with Crippen molar-refractivity contribution in [3.8, 4) is 0 Å². The lowest BCUT2D eigenvalue weighted by Gasteiger charge is -1.99. The van der Waals surface area contributed by atoms with Crippen LogP contribution in [0.5, 0.6) is 0 Å². The number of hydrogen-bond donors (Lipinski definition) is 2. The predicted molar refractivity (Wildman–Crippen MR) is 49.7 cm³/mol. The van der Waals surface area contributed by atoms with Crippen molar-refractivity contribution < 1.29 is 0 Å². The summed E-state index contributed by atoms with van der Waals surface area (Å²) in [7, 11) is 1.63. The molecule has 1 heterocycles. The third kappa shape index (κ3) is 1.53. The van der Waals surface area contributed by atoms with E-state index in [1.54, 1.807) is 26.3 Å². The second-order valence-electron chi connectivity index (χ2n) is 2.54. The lowest BCUT2D eigenvalue weighted by Crippen LogP contribution is -2.15. The molecule has 0 bridgehead atoms. The SMILES string of the molecule is CN=Cc1cc(C)[nH]c(=O)c1N. The molecule has 0 aliphatic rings. The van der Waals surface area contributed by atoms with Gasteiger partial charge >= 0.3 is 0 Å². The van der Waals surface area contributed by atoms with Crippen LogP contribution in [-0.2, 0) is 0 Å². The zero-order valence-corrected chi connectivity index (χ0v) is 7.09. The molecule has 0 aliphatic heterocycles. The van der Waals surface area contributed by atoms with Gasteiger partial charge in [0.2, 0.25) is 0 Å². The topological polar surface area (TPSA) is 71.2 Å². The van der Waals surface area contributed by atoms with Crippen LogP contribution in [0.3, 0.4) is 0 Å². The number of aromatic amines is 1. The molecule has 0 saturated heterocycles. The van der Waals surface area contributed by atoms with Gasteiger partial charge in [-0.15, -0.1) is 0 Å². The summed E-state index contributed by atoms with van der Waals surface area (Å²) >= 11 is 0. The van der Waals surface area contributed by atoms with Crippen LogP contribution in [0.15, 0.2) is 15.9 Å². The average molecular weight is 165 g/mol. The normalized spacial score (nSPS) is 10.8. The number of hydrogen-bond acceptors (Lipinski definition) is 3. The Kier molecular flexibility index (Phi) is 2.28. The zero-order valence-electron chi connectivity index (χ0n) is 7.09. The lowest BCUT2D eigenvalue weighted by atomic mass is 10.2. The molecule has 0 atom stereocenters. The standard InChI is InChI=1S/C8H11N3O/c1-5-3-6(4-10-2)7(9)8(12)11-5/h3-4H,9H2,1-2H3,(H,11,12). The van der Waals surface area contributed by atoms with Crippen LogP contribution in [0.2, 0.25) is 0 Å². The maximum absolute atomic E-state index is 11.1. The molecule has 1 rings (SSSR count). The van der Waals surface area contributed by atoms with Gasteiger partial charge in [-0.1, -0.05) is 0 Å². The molecule has 1 aromatic rings. The summed E-state index contributed by atoms with van der Waals surface area (Å²) in [6, 6.07) is 1.78. The number of rotatable bonds is 1. The van der Waals surface area contributed by atoms with E-state index in [9.17, 15) is 4.79 Å². The molecule has 3 N–H and O–H groups in total. The summed E-state index contributed by atoms with van der Waals surface area (Å²) in [6.07, 6.45) is 1.57. The smallest absolute Gasteiger partial charge is 0.271 e. The summed E-state index contributed by atoms with van der Waals surface area (Å²) in [5, 5.41) is 0. The number of nitrogens with zero attached hydrogens (tertiary/aromatic N) is 1. The Bertz CT molecular complexity index is 365. The molecule has 0 unspecified atom stereocenters. The van der Waals surface area contributed by atoms with Crippen molar-refractivity contribution in [2.24, 2.45) is 4.99 Å². The Hall–Kier alpha value is -1.58. The quantitative estimate of drug-likeness (QED) is 0.588.